The van der Waals surface area contributed by atoms with Crippen molar-refractivity contribution in [1.29, 1.82) is 0 Å². The fourth-order valence-electron chi connectivity index (χ4n) is 11.5. The second-order valence-corrected chi connectivity index (χ2v) is 33.2. The Morgan fingerprint density at radius 2 is 1.38 bits per heavy atom. The van der Waals surface area contributed by atoms with Gasteiger partial charge in [-0.05, 0) is 129 Å². The first kappa shape index (κ1) is 76.4. The molecule has 2 heterocycles. The quantitative estimate of drug-likeness (QED) is 0.0126. The van der Waals surface area contributed by atoms with Crippen molar-refractivity contribution in [2.24, 2.45) is 5.14 Å². The number of halogens is 3. The van der Waals surface area contributed by atoms with Crippen LogP contribution in [0.4, 0.5) is 30.2 Å². The molecular formula is C60H72F3N5O22S6. The van der Waals surface area contributed by atoms with Gasteiger partial charge in [0.1, 0.15) is 29.0 Å². The number of allylic oxidation sites excluding steroid dienone is 7. The van der Waals surface area contributed by atoms with E-state index >= 15 is 8.78 Å². The molecule has 9 N–H and O–H groups in total. The molecule has 1 atom stereocenters. The lowest BCUT2D eigenvalue weighted by molar-refractivity contribution is -0.438. The summed E-state index contributed by atoms with van der Waals surface area (Å²) in [6, 6.07) is 12.9. The fraction of sp³-hybridized carbons (Fsp3) is 0.417. The Bertz CT molecular complexity index is 4600. The minimum absolute atomic E-state index is 0.00423. The number of carboxylic acid groups (broad SMARTS) is 1. The number of benzene rings is 4. The summed E-state index contributed by atoms with van der Waals surface area (Å²) in [6.07, 6.45) is 8.38. The molecule has 36 heteroatoms. The number of fused-ring (bicyclic) bond motifs is 2. The van der Waals surface area contributed by atoms with E-state index in [0.29, 0.717) is 75.6 Å². The van der Waals surface area contributed by atoms with E-state index in [4.69, 9.17) is 14.6 Å². The first-order chi connectivity index (χ1) is 44.5. The minimum Gasteiger partial charge on any atom is -0.748 e. The molecule has 0 fully saturated rings. The number of unbranched alkanes of at least 4 members (excludes halogenated alkanes) is 2. The van der Waals surface area contributed by atoms with Crippen LogP contribution in [0.2, 0.25) is 0 Å². The minimum atomic E-state index is -5.29. The molecule has 0 spiro atoms. The average molecular weight is 1460 g/mol. The van der Waals surface area contributed by atoms with Crippen molar-refractivity contribution in [3.05, 3.63) is 142 Å². The van der Waals surface area contributed by atoms with Crippen molar-refractivity contribution in [1.82, 2.24) is 5.32 Å². The van der Waals surface area contributed by atoms with Crippen molar-refractivity contribution < 1.29 is 116 Å². The summed E-state index contributed by atoms with van der Waals surface area (Å²) in [4.78, 5) is 23.1. The maximum absolute atomic E-state index is 15.4. The number of carboxylic acids is 1. The predicted molar refractivity (Wildman–Crippen MR) is 342 cm³/mol. The number of carbonyl (C=O) groups is 2. The molecule has 7 rings (SSSR count). The number of amides is 1. The highest BCUT2D eigenvalue weighted by Crippen LogP contribution is 2.49. The van der Waals surface area contributed by atoms with Gasteiger partial charge in [0.15, 0.2) is 37.9 Å². The first-order valence-electron chi connectivity index (χ1n) is 29.5. The maximum Gasteiger partial charge on any atom is 0.326 e. The van der Waals surface area contributed by atoms with Gasteiger partial charge in [0, 0.05) is 72.6 Å². The maximum atomic E-state index is 15.4. The Labute approximate surface area is 554 Å². The number of carbonyl (C=O) groups excluding carboxylic acids is 1. The number of hydrogen-bond acceptors (Lipinski definition) is 20. The number of nitrogens with two attached hydrogens (primary N) is 1. The number of anilines is 2. The zero-order chi connectivity index (χ0) is 71.3. The summed E-state index contributed by atoms with van der Waals surface area (Å²) in [5, 5.41) is 28.7. The van der Waals surface area contributed by atoms with E-state index in [0.717, 1.165) is 0 Å². The van der Waals surface area contributed by atoms with Gasteiger partial charge in [0.05, 0.1) is 62.3 Å². The number of sulfone groups is 1. The van der Waals surface area contributed by atoms with Gasteiger partial charge in [-0.1, -0.05) is 32.1 Å². The number of sulfonamides is 1. The lowest BCUT2D eigenvalue weighted by atomic mass is 9.81. The van der Waals surface area contributed by atoms with Crippen LogP contribution in [-0.2, 0) is 91.9 Å². The van der Waals surface area contributed by atoms with Crippen LogP contribution in [0.1, 0.15) is 95.8 Å². The number of primary sulfonamides is 1. The standard InChI is InChI=1S/C60H72F3N5O22S6/c1-59(2)43-35-41(95(83,84)85)18-20-46(43)67(26-5-7-31-92(75,76)77)48(59)22-14-38-10-9-11-39(15-23-49-60(3,4)44-36-42(96(86,87)88)19-21-47(44)68(49)27-6-8-32-93(78,79)80)55(38)90-40-16-12-37(13-17-40)34-45(58(71)72)66-50(70)24-29-89-30-25-65-54-53(63)56(94(64,81)82)51(61)52(62)57(54)91(73,74)33-28-69/h12-23,35-36,45,65,69H,5-11,24-34H2,1-4H3,(H7-,64,66,70,71,72,75,76,77,78,79,80,81,82,83,84,85,86,87,88)/t45-/m0/s1. The lowest BCUT2D eigenvalue weighted by Gasteiger charge is -2.28. The summed E-state index contributed by atoms with van der Waals surface area (Å²) in [5.74, 6) is -10.8. The number of aliphatic carboxylic acids is 1. The molecule has 1 amide bonds. The molecule has 0 unspecified atom stereocenters. The van der Waals surface area contributed by atoms with E-state index in [1.54, 1.807) is 42.5 Å². The van der Waals surface area contributed by atoms with E-state index in [-0.39, 0.29) is 60.7 Å². The molecule has 3 aliphatic rings. The molecular weight excluding hydrogens is 1390 g/mol. The first-order valence-corrected chi connectivity index (χ1v) is 38.8. The summed E-state index contributed by atoms with van der Waals surface area (Å²) in [5.41, 5.74) is 1.77. The number of hydrogen-bond donors (Lipinski definition) is 8. The van der Waals surface area contributed by atoms with Crippen LogP contribution in [0.5, 0.6) is 5.75 Å². The van der Waals surface area contributed by atoms with E-state index in [1.165, 1.54) is 36.4 Å². The monoisotopic (exact) mass is 1460 g/mol. The van der Waals surface area contributed by atoms with Crippen LogP contribution < -0.4 is 25.4 Å². The van der Waals surface area contributed by atoms with Gasteiger partial charge >= 0.3 is 5.97 Å². The van der Waals surface area contributed by atoms with Gasteiger partial charge in [-0.2, -0.15) is 29.8 Å². The number of aliphatic hydroxyl groups excluding tert-OH is 1. The lowest BCUT2D eigenvalue weighted by Crippen LogP contribution is -2.42. The van der Waals surface area contributed by atoms with E-state index in [9.17, 15) is 92.9 Å². The van der Waals surface area contributed by atoms with Crippen molar-refractivity contribution in [3.63, 3.8) is 0 Å². The van der Waals surface area contributed by atoms with E-state index in [1.807, 2.05) is 43.2 Å². The van der Waals surface area contributed by atoms with Crippen molar-refractivity contribution in [2.75, 3.05) is 66.9 Å². The molecule has 27 nitrogen and oxygen atoms in total. The Morgan fingerprint density at radius 3 is 1.98 bits per heavy atom. The number of rotatable bonds is 32. The summed E-state index contributed by atoms with van der Waals surface area (Å²) < 4.78 is 246. The third-order valence-corrected chi connectivity index (χ3v) is 22.1. The Hall–Kier alpha value is -6.94. The highest BCUT2D eigenvalue weighted by Gasteiger charge is 2.46. The average Bonchev–Trinajstić information content (AvgIpc) is 1.42. The molecule has 0 radical (unpaired) electrons. The smallest absolute Gasteiger partial charge is 0.326 e. The number of aliphatic hydroxyl groups is 1. The van der Waals surface area contributed by atoms with Gasteiger partial charge < -0.3 is 39.8 Å². The van der Waals surface area contributed by atoms with Crippen molar-refractivity contribution >= 4 is 95.0 Å². The van der Waals surface area contributed by atoms with Gasteiger partial charge in [-0.15, -0.1) is 0 Å². The highest BCUT2D eigenvalue weighted by atomic mass is 32.2. The highest BCUT2D eigenvalue weighted by molar-refractivity contribution is 7.91. The number of nitrogens with one attached hydrogen (secondary N) is 2. The Morgan fingerprint density at radius 1 is 0.750 bits per heavy atom. The van der Waals surface area contributed by atoms with Crippen LogP contribution in [0.15, 0.2) is 127 Å². The Kier molecular flexibility index (Phi) is 23.9. The van der Waals surface area contributed by atoms with E-state index < -0.39 is 172 Å². The zero-order valence-corrected chi connectivity index (χ0v) is 57.0. The summed E-state index contributed by atoms with van der Waals surface area (Å²) in [7, 11) is -28.5. The van der Waals surface area contributed by atoms with Crippen LogP contribution in [-0.4, -0.2) is 164 Å². The third kappa shape index (κ3) is 18.6. The number of nitrogens with zero attached hydrogens (tertiary/aromatic N) is 2. The van der Waals surface area contributed by atoms with Gasteiger partial charge in [-0.25, -0.2) is 48.4 Å². The molecule has 4 aromatic carbocycles. The normalized spacial score (nSPS) is 17.2. The molecule has 0 saturated carbocycles. The molecule has 2 aliphatic heterocycles. The van der Waals surface area contributed by atoms with E-state index in [2.05, 4.69) is 10.6 Å². The Balaban J connectivity index is 1.18. The van der Waals surface area contributed by atoms with Crippen LogP contribution in [0, 0.1) is 17.5 Å². The third-order valence-electron chi connectivity index (χ3n) is 16.2. The fourth-order valence-corrected chi connectivity index (χ4v) is 15.6. The second-order valence-electron chi connectivity index (χ2n) is 23.8. The number of ether oxygens (including phenoxy) is 2. The second kappa shape index (κ2) is 30.0. The molecule has 1 aliphatic carbocycles. The largest absolute Gasteiger partial charge is 0.748 e. The van der Waals surface area contributed by atoms with Crippen LogP contribution in [0.25, 0.3) is 0 Å². The molecule has 526 valence electrons. The SMILES string of the molecule is CC1(C)C(/C=C/C2=C(Oc3ccc(C[C@H](NC(=O)CCOCCNc4c(F)c(S(N)(=O)=O)c(F)c(F)c4S(=O)(=O)CCO)C(=O)O)cc3)C(=C/C=C3/N(CCCCS(=O)(=O)[O-])c4ccc(S(=O)(=O)O)cc4C3(C)C)/CCC2)=[N+](CCCCS(=O)(=O)O)c2ccc(S(=O)(=O)O)cc21. The molecule has 0 aromatic heterocycles. The van der Waals surface area contributed by atoms with Crippen molar-refractivity contribution in [3.8, 4) is 5.75 Å². The van der Waals surface area contributed by atoms with Gasteiger partial charge in [0.25, 0.3) is 30.4 Å². The topological polar surface area (TPSA) is 438 Å². The predicted octanol–water partition coefficient (Wildman–Crippen LogP) is 5.69. The molecule has 4 aromatic rings. The summed E-state index contributed by atoms with van der Waals surface area (Å²) >= 11 is 0. The molecule has 0 saturated heterocycles. The van der Waals surface area contributed by atoms with Gasteiger partial charge in [-0.3, -0.25) is 18.5 Å². The zero-order valence-electron chi connectivity index (χ0n) is 52.1. The summed E-state index contributed by atoms with van der Waals surface area (Å²) in [6.45, 7) is 5.07. The van der Waals surface area contributed by atoms with Crippen LogP contribution >= 0.6 is 0 Å². The van der Waals surface area contributed by atoms with Crippen molar-refractivity contribution in [2.45, 2.75) is 122 Å². The van der Waals surface area contributed by atoms with Gasteiger partial charge in [0.2, 0.25) is 21.6 Å². The molecule has 96 heavy (non-hydrogen) atoms. The molecule has 0 bridgehead atoms. The van der Waals surface area contributed by atoms with Crippen LogP contribution in [0.3, 0.4) is 0 Å².